The number of halogens is 3. The number of nitrogens with zero attached hydrogens (tertiary/aromatic N) is 2. The second kappa shape index (κ2) is 9.75. The smallest absolute Gasteiger partial charge is 0.256 e. The number of nitrogen functional groups attached to an aromatic ring is 1. The van der Waals surface area contributed by atoms with E-state index in [-0.39, 0.29) is 34.8 Å². The van der Waals surface area contributed by atoms with Gasteiger partial charge in [-0.1, -0.05) is 29.8 Å². The van der Waals surface area contributed by atoms with Crippen LogP contribution in [0.5, 0.6) is 0 Å². The van der Waals surface area contributed by atoms with Gasteiger partial charge in [-0.05, 0) is 36.2 Å². The summed E-state index contributed by atoms with van der Waals surface area (Å²) in [6, 6.07) is 11.5. The van der Waals surface area contributed by atoms with E-state index >= 15 is 0 Å². The molecule has 0 unspecified atom stereocenters. The third-order valence-electron chi connectivity index (χ3n) is 4.74. The standard InChI is InChI=1S/C20H21ClFN3O2.ClH/c21-15-6-7-16(17(22)13-15)20(27)25-11-9-24(10-12-25)19(26)8-5-14-3-1-2-4-18(14)23;/h1-4,6-7,13H,5,8-12,23H2;1H. The number of piperazine rings is 1. The summed E-state index contributed by atoms with van der Waals surface area (Å²) in [5.41, 5.74) is 7.55. The quantitative estimate of drug-likeness (QED) is 0.763. The molecule has 28 heavy (non-hydrogen) atoms. The molecular weight excluding hydrogens is 404 g/mol. The van der Waals surface area contributed by atoms with Gasteiger partial charge in [0.05, 0.1) is 5.56 Å². The Morgan fingerprint density at radius 3 is 2.32 bits per heavy atom. The van der Waals surface area contributed by atoms with Gasteiger partial charge in [0, 0.05) is 43.3 Å². The summed E-state index contributed by atoms with van der Waals surface area (Å²) in [5, 5.41) is 0.249. The Hall–Kier alpha value is -2.31. The van der Waals surface area contributed by atoms with Crippen molar-refractivity contribution in [3.8, 4) is 0 Å². The summed E-state index contributed by atoms with van der Waals surface area (Å²) in [5.74, 6) is -0.984. The fourth-order valence-corrected chi connectivity index (χ4v) is 3.31. The molecule has 0 aromatic heterocycles. The minimum Gasteiger partial charge on any atom is -0.399 e. The van der Waals surface area contributed by atoms with Crippen molar-refractivity contribution in [2.45, 2.75) is 12.8 Å². The summed E-state index contributed by atoms with van der Waals surface area (Å²) < 4.78 is 13.9. The zero-order chi connectivity index (χ0) is 19.4. The molecule has 150 valence electrons. The number of amides is 2. The van der Waals surface area contributed by atoms with E-state index in [9.17, 15) is 14.0 Å². The molecule has 2 aromatic rings. The average molecular weight is 426 g/mol. The number of nitrogens with two attached hydrogens (primary N) is 1. The summed E-state index contributed by atoms with van der Waals surface area (Å²) in [6.07, 6.45) is 0.953. The first-order valence-corrected chi connectivity index (χ1v) is 9.19. The van der Waals surface area contributed by atoms with Crippen LogP contribution in [0.1, 0.15) is 22.3 Å². The highest BCUT2D eigenvalue weighted by molar-refractivity contribution is 6.30. The lowest BCUT2D eigenvalue weighted by Crippen LogP contribution is -2.50. The minimum atomic E-state index is -0.633. The highest BCUT2D eigenvalue weighted by Gasteiger charge is 2.26. The fraction of sp³-hybridized carbons (Fsp3) is 0.300. The molecule has 5 nitrogen and oxygen atoms in total. The third-order valence-corrected chi connectivity index (χ3v) is 4.98. The zero-order valence-electron chi connectivity index (χ0n) is 15.2. The van der Waals surface area contributed by atoms with E-state index in [2.05, 4.69) is 0 Å². The molecule has 0 aliphatic carbocycles. The maximum Gasteiger partial charge on any atom is 0.256 e. The van der Waals surface area contributed by atoms with Crippen LogP contribution in [0.15, 0.2) is 42.5 Å². The molecular formula is C20H22Cl2FN3O2. The van der Waals surface area contributed by atoms with Crippen LogP contribution in [0.25, 0.3) is 0 Å². The van der Waals surface area contributed by atoms with Gasteiger partial charge in [-0.3, -0.25) is 9.59 Å². The van der Waals surface area contributed by atoms with Crippen LogP contribution in [-0.2, 0) is 11.2 Å². The van der Waals surface area contributed by atoms with Crippen molar-refractivity contribution in [1.82, 2.24) is 9.80 Å². The Labute approximate surface area is 174 Å². The van der Waals surface area contributed by atoms with Gasteiger partial charge >= 0.3 is 0 Å². The molecule has 0 atom stereocenters. The number of anilines is 1. The second-order valence-corrected chi connectivity index (χ2v) is 6.93. The lowest BCUT2D eigenvalue weighted by atomic mass is 10.1. The SMILES string of the molecule is Cl.Nc1ccccc1CCC(=O)N1CCN(C(=O)c2ccc(Cl)cc2F)CC1. The van der Waals surface area contributed by atoms with Crippen molar-refractivity contribution >= 4 is 41.5 Å². The number of rotatable bonds is 4. The van der Waals surface area contributed by atoms with E-state index < -0.39 is 5.82 Å². The number of para-hydroxylation sites is 1. The zero-order valence-corrected chi connectivity index (χ0v) is 16.8. The highest BCUT2D eigenvalue weighted by atomic mass is 35.5. The highest BCUT2D eigenvalue weighted by Crippen LogP contribution is 2.18. The first-order chi connectivity index (χ1) is 13.0. The maximum absolute atomic E-state index is 13.9. The van der Waals surface area contributed by atoms with Crippen LogP contribution in [0.4, 0.5) is 10.1 Å². The van der Waals surface area contributed by atoms with Crippen LogP contribution < -0.4 is 5.73 Å². The van der Waals surface area contributed by atoms with Gasteiger partial charge < -0.3 is 15.5 Å². The Morgan fingerprint density at radius 2 is 1.68 bits per heavy atom. The molecule has 1 aliphatic rings. The van der Waals surface area contributed by atoms with Crippen molar-refractivity contribution in [3.63, 3.8) is 0 Å². The fourth-order valence-electron chi connectivity index (χ4n) is 3.15. The molecule has 1 aliphatic heterocycles. The van der Waals surface area contributed by atoms with Crippen LogP contribution in [0.2, 0.25) is 5.02 Å². The molecule has 2 N–H and O–H groups in total. The topological polar surface area (TPSA) is 66.6 Å². The molecule has 0 saturated carbocycles. The Bertz CT molecular complexity index is 855. The molecule has 1 saturated heterocycles. The minimum absolute atomic E-state index is 0. The van der Waals surface area contributed by atoms with Crippen LogP contribution in [0.3, 0.4) is 0 Å². The van der Waals surface area contributed by atoms with Gasteiger partial charge in [-0.2, -0.15) is 0 Å². The maximum atomic E-state index is 13.9. The Balaban J connectivity index is 0.00000280. The summed E-state index contributed by atoms with van der Waals surface area (Å²) >= 11 is 5.73. The number of aryl methyl sites for hydroxylation is 1. The van der Waals surface area contributed by atoms with Crippen molar-refractivity contribution < 1.29 is 14.0 Å². The summed E-state index contributed by atoms with van der Waals surface area (Å²) in [4.78, 5) is 28.2. The molecule has 1 heterocycles. The lowest BCUT2D eigenvalue weighted by molar-refractivity contribution is -0.132. The molecule has 0 spiro atoms. The molecule has 3 rings (SSSR count). The average Bonchev–Trinajstić information content (AvgIpc) is 2.67. The van der Waals surface area contributed by atoms with Gasteiger partial charge in [-0.25, -0.2) is 4.39 Å². The molecule has 0 radical (unpaired) electrons. The number of carbonyl (C=O) groups is 2. The Kier molecular flexibility index (Phi) is 7.66. The van der Waals surface area contributed by atoms with Crippen molar-refractivity contribution in [1.29, 1.82) is 0 Å². The molecule has 8 heteroatoms. The number of hydrogen-bond acceptors (Lipinski definition) is 3. The van der Waals surface area contributed by atoms with Crippen molar-refractivity contribution in [3.05, 3.63) is 64.4 Å². The first-order valence-electron chi connectivity index (χ1n) is 8.81. The normalized spacial score (nSPS) is 13.8. The number of benzene rings is 2. The molecule has 1 fully saturated rings. The third kappa shape index (κ3) is 5.14. The summed E-state index contributed by atoms with van der Waals surface area (Å²) in [7, 11) is 0. The lowest BCUT2D eigenvalue weighted by Gasteiger charge is -2.35. The molecule has 2 amide bonds. The van der Waals surface area contributed by atoms with Crippen molar-refractivity contribution in [2.75, 3.05) is 31.9 Å². The second-order valence-electron chi connectivity index (χ2n) is 6.50. The van der Waals surface area contributed by atoms with Gasteiger partial charge in [0.1, 0.15) is 5.82 Å². The van der Waals surface area contributed by atoms with Gasteiger partial charge in [-0.15, -0.1) is 12.4 Å². The summed E-state index contributed by atoms with van der Waals surface area (Å²) in [6.45, 7) is 1.62. The van der Waals surface area contributed by atoms with E-state index in [0.717, 1.165) is 11.6 Å². The van der Waals surface area contributed by atoms with Gasteiger partial charge in [0.25, 0.3) is 5.91 Å². The predicted octanol–water partition coefficient (Wildman–Crippen LogP) is 3.40. The van der Waals surface area contributed by atoms with Crippen LogP contribution in [0, 0.1) is 5.82 Å². The van der Waals surface area contributed by atoms with Crippen molar-refractivity contribution in [2.24, 2.45) is 0 Å². The van der Waals surface area contributed by atoms with E-state index in [1.807, 2.05) is 24.3 Å². The van der Waals surface area contributed by atoms with Crippen LogP contribution >= 0.6 is 24.0 Å². The molecule has 2 aromatic carbocycles. The van der Waals surface area contributed by atoms with E-state index in [1.165, 1.54) is 12.1 Å². The Morgan fingerprint density at radius 1 is 1.04 bits per heavy atom. The number of hydrogen-bond donors (Lipinski definition) is 1. The molecule has 0 bridgehead atoms. The predicted molar refractivity (Wildman–Crippen MR) is 110 cm³/mol. The van der Waals surface area contributed by atoms with Gasteiger partial charge in [0.15, 0.2) is 0 Å². The van der Waals surface area contributed by atoms with E-state index in [4.69, 9.17) is 17.3 Å². The van der Waals surface area contributed by atoms with Gasteiger partial charge in [0.2, 0.25) is 5.91 Å². The van der Waals surface area contributed by atoms with Crippen LogP contribution in [-0.4, -0.2) is 47.8 Å². The first kappa shape index (κ1) is 22.0. The van der Waals surface area contributed by atoms with E-state index in [1.54, 1.807) is 9.80 Å². The monoisotopic (exact) mass is 425 g/mol. The number of carbonyl (C=O) groups excluding carboxylic acids is 2. The van der Waals surface area contributed by atoms with E-state index in [0.29, 0.717) is 44.7 Å². The largest absolute Gasteiger partial charge is 0.399 e.